The van der Waals surface area contributed by atoms with Crippen LogP contribution in [-0.4, -0.2) is 15.0 Å². The van der Waals surface area contributed by atoms with Crippen LogP contribution < -0.4 is 10.5 Å². The molecule has 22 heavy (non-hydrogen) atoms. The Morgan fingerprint density at radius 2 is 1.77 bits per heavy atom. The number of hydrogen-bond donors (Lipinski definition) is 1. The van der Waals surface area contributed by atoms with E-state index in [0.717, 1.165) is 0 Å². The number of para-hydroxylation sites is 2. The molecule has 0 saturated heterocycles. The van der Waals surface area contributed by atoms with E-state index in [1.54, 1.807) is 18.2 Å². The molecule has 0 saturated carbocycles. The quantitative estimate of drug-likeness (QED) is 0.785. The Morgan fingerprint density at radius 1 is 1.05 bits per heavy atom. The lowest BCUT2D eigenvalue weighted by molar-refractivity contribution is 0.296. The molecule has 0 aliphatic carbocycles. The zero-order valence-electron chi connectivity index (χ0n) is 11.8. The van der Waals surface area contributed by atoms with E-state index in [1.807, 2.05) is 30.3 Å². The normalized spacial score (nSPS) is 10.6. The first kappa shape index (κ1) is 14.2. The highest BCUT2D eigenvalue weighted by Crippen LogP contribution is 2.18. The maximum atomic E-state index is 14.0. The molecule has 2 aromatic carbocycles. The van der Waals surface area contributed by atoms with Crippen LogP contribution in [0, 0.1) is 5.82 Å². The van der Waals surface area contributed by atoms with E-state index in [1.165, 1.54) is 10.7 Å². The van der Waals surface area contributed by atoms with Gasteiger partial charge in [-0.15, -0.1) is 5.10 Å². The number of halogens is 1. The van der Waals surface area contributed by atoms with Crippen molar-refractivity contribution in [3.05, 3.63) is 71.8 Å². The van der Waals surface area contributed by atoms with Crippen molar-refractivity contribution in [1.29, 1.82) is 0 Å². The van der Waals surface area contributed by atoms with Gasteiger partial charge in [-0.25, -0.2) is 9.07 Å². The molecular weight excluding hydrogens is 283 g/mol. The number of ether oxygens (including phenoxy) is 1. The summed E-state index contributed by atoms with van der Waals surface area (Å²) in [5.41, 5.74) is 7.22. The van der Waals surface area contributed by atoms with E-state index in [4.69, 9.17) is 10.5 Å². The van der Waals surface area contributed by atoms with Crippen LogP contribution in [0.4, 0.5) is 4.39 Å². The summed E-state index contributed by atoms with van der Waals surface area (Å²) in [7, 11) is 0. The molecule has 0 aliphatic rings. The standard InChI is InChI=1S/C16H15FN4O/c17-13-8-4-5-9-15(13)21-16(14(10-18)19-20-21)11-22-12-6-2-1-3-7-12/h1-9H,10-11,18H2. The van der Waals surface area contributed by atoms with Crippen molar-refractivity contribution in [2.24, 2.45) is 5.73 Å². The van der Waals surface area contributed by atoms with E-state index in [-0.39, 0.29) is 19.0 Å². The van der Waals surface area contributed by atoms with Crippen LogP contribution >= 0.6 is 0 Å². The second kappa shape index (κ2) is 6.36. The first-order valence-electron chi connectivity index (χ1n) is 6.86. The summed E-state index contributed by atoms with van der Waals surface area (Å²) in [6.07, 6.45) is 0. The predicted molar refractivity (Wildman–Crippen MR) is 80.0 cm³/mol. The number of benzene rings is 2. The van der Waals surface area contributed by atoms with Crippen LogP contribution in [0.3, 0.4) is 0 Å². The summed E-state index contributed by atoms with van der Waals surface area (Å²) in [5.74, 6) is 0.337. The molecule has 0 bridgehead atoms. The number of rotatable bonds is 5. The van der Waals surface area contributed by atoms with Gasteiger partial charge in [0, 0.05) is 6.54 Å². The van der Waals surface area contributed by atoms with Crippen molar-refractivity contribution >= 4 is 0 Å². The van der Waals surface area contributed by atoms with Crippen LogP contribution in [0.15, 0.2) is 54.6 Å². The molecular formula is C16H15FN4O. The smallest absolute Gasteiger partial charge is 0.148 e. The number of aromatic nitrogens is 3. The summed E-state index contributed by atoms with van der Waals surface area (Å²) in [6, 6.07) is 15.7. The van der Waals surface area contributed by atoms with Crippen LogP contribution in [0.5, 0.6) is 5.75 Å². The SMILES string of the molecule is NCc1nnn(-c2ccccc2F)c1COc1ccccc1. The van der Waals surface area contributed by atoms with Gasteiger partial charge < -0.3 is 10.5 Å². The second-order valence-corrected chi connectivity index (χ2v) is 4.65. The van der Waals surface area contributed by atoms with Gasteiger partial charge in [-0.3, -0.25) is 0 Å². The average Bonchev–Trinajstić information content (AvgIpc) is 2.97. The lowest BCUT2D eigenvalue weighted by atomic mass is 10.2. The van der Waals surface area contributed by atoms with Crippen molar-refractivity contribution in [3.8, 4) is 11.4 Å². The molecule has 0 fully saturated rings. The van der Waals surface area contributed by atoms with Crippen LogP contribution in [-0.2, 0) is 13.2 Å². The Kier molecular flexibility index (Phi) is 4.11. The molecule has 1 heterocycles. The van der Waals surface area contributed by atoms with Gasteiger partial charge in [0.15, 0.2) is 0 Å². The zero-order chi connectivity index (χ0) is 15.4. The minimum atomic E-state index is -0.378. The fraction of sp³-hybridized carbons (Fsp3) is 0.125. The van der Waals surface area contributed by atoms with Crippen LogP contribution in [0.1, 0.15) is 11.4 Å². The van der Waals surface area contributed by atoms with Gasteiger partial charge in [0.1, 0.15) is 35.2 Å². The van der Waals surface area contributed by atoms with Crippen LogP contribution in [0.2, 0.25) is 0 Å². The number of nitrogens with zero attached hydrogens (tertiary/aromatic N) is 3. The summed E-state index contributed by atoms with van der Waals surface area (Å²) in [5, 5.41) is 8.00. The molecule has 0 radical (unpaired) electrons. The van der Waals surface area contributed by atoms with Crippen molar-refractivity contribution in [1.82, 2.24) is 15.0 Å². The molecule has 5 nitrogen and oxygen atoms in total. The first-order valence-corrected chi connectivity index (χ1v) is 6.86. The fourth-order valence-electron chi connectivity index (χ4n) is 2.12. The Bertz CT molecular complexity index is 758. The van der Waals surface area contributed by atoms with E-state index in [9.17, 15) is 4.39 Å². The Hall–Kier alpha value is -2.73. The Morgan fingerprint density at radius 3 is 2.50 bits per heavy atom. The third-order valence-corrected chi connectivity index (χ3v) is 3.24. The number of nitrogens with two attached hydrogens (primary N) is 1. The molecule has 1 aromatic heterocycles. The molecule has 3 rings (SSSR count). The fourth-order valence-corrected chi connectivity index (χ4v) is 2.12. The first-order chi connectivity index (χ1) is 10.8. The predicted octanol–water partition coefficient (Wildman–Crippen LogP) is 2.44. The third-order valence-electron chi connectivity index (χ3n) is 3.24. The largest absolute Gasteiger partial charge is 0.487 e. The molecule has 3 aromatic rings. The Labute approximate surface area is 127 Å². The van der Waals surface area contributed by atoms with E-state index >= 15 is 0 Å². The maximum Gasteiger partial charge on any atom is 0.148 e. The van der Waals surface area contributed by atoms with E-state index < -0.39 is 0 Å². The van der Waals surface area contributed by atoms with Crippen LogP contribution in [0.25, 0.3) is 5.69 Å². The summed E-state index contributed by atoms with van der Waals surface area (Å²) < 4.78 is 21.1. The molecule has 0 amide bonds. The van der Waals surface area contributed by atoms with Crippen molar-refractivity contribution in [3.63, 3.8) is 0 Å². The summed E-state index contributed by atoms with van der Waals surface area (Å²) >= 11 is 0. The van der Waals surface area contributed by atoms with Gasteiger partial charge in [0.2, 0.25) is 0 Å². The summed E-state index contributed by atoms with van der Waals surface area (Å²) in [4.78, 5) is 0. The van der Waals surface area contributed by atoms with Gasteiger partial charge in [-0.2, -0.15) is 0 Å². The third kappa shape index (κ3) is 2.82. The topological polar surface area (TPSA) is 66.0 Å². The Balaban J connectivity index is 1.93. The molecule has 2 N–H and O–H groups in total. The van der Waals surface area contributed by atoms with E-state index in [0.29, 0.717) is 22.8 Å². The minimum absolute atomic E-state index is 0.206. The number of hydrogen-bond acceptors (Lipinski definition) is 4. The monoisotopic (exact) mass is 298 g/mol. The highest BCUT2D eigenvalue weighted by atomic mass is 19.1. The second-order valence-electron chi connectivity index (χ2n) is 4.65. The summed E-state index contributed by atoms with van der Waals surface area (Å²) in [6.45, 7) is 0.416. The lowest BCUT2D eigenvalue weighted by Gasteiger charge is -2.10. The highest BCUT2D eigenvalue weighted by molar-refractivity contribution is 5.35. The van der Waals surface area contributed by atoms with Gasteiger partial charge in [0.25, 0.3) is 0 Å². The lowest BCUT2D eigenvalue weighted by Crippen LogP contribution is -2.10. The van der Waals surface area contributed by atoms with Gasteiger partial charge in [0.05, 0.1) is 0 Å². The zero-order valence-corrected chi connectivity index (χ0v) is 11.8. The van der Waals surface area contributed by atoms with Crippen molar-refractivity contribution < 1.29 is 9.13 Å². The van der Waals surface area contributed by atoms with Crippen molar-refractivity contribution in [2.45, 2.75) is 13.2 Å². The molecule has 0 unspecified atom stereocenters. The van der Waals surface area contributed by atoms with Crippen molar-refractivity contribution in [2.75, 3.05) is 0 Å². The molecule has 0 atom stereocenters. The van der Waals surface area contributed by atoms with Gasteiger partial charge >= 0.3 is 0 Å². The molecule has 0 spiro atoms. The highest BCUT2D eigenvalue weighted by Gasteiger charge is 2.16. The average molecular weight is 298 g/mol. The molecule has 6 heteroatoms. The van der Waals surface area contributed by atoms with Gasteiger partial charge in [-0.05, 0) is 24.3 Å². The maximum absolute atomic E-state index is 14.0. The molecule has 0 aliphatic heterocycles. The van der Waals surface area contributed by atoms with E-state index in [2.05, 4.69) is 10.3 Å². The molecule has 112 valence electrons. The minimum Gasteiger partial charge on any atom is -0.487 e. The van der Waals surface area contributed by atoms with Gasteiger partial charge in [-0.1, -0.05) is 35.5 Å².